The van der Waals surface area contributed by atoms with Gasteiger partial charge in [-0.15, -0.1) is 0 Å². The van der Waals surface area contributed by atoms with E-state index in [-0.39, 0.29) is 29.5 Å². The molecular formula is C24H33N5O6. The van der Waals surface area contributed by atoms with E-state index in [0.29, 0.717) is 49.8 Å². The topological polar surface area (TPSA) is 127 Å². The molecule has 11 heteroatoms. The van der Waals surface area contributed by atoms with Crippen molar-refractivity contribution in [1.82, 2.24) is 24.4 Å². The zero-order valence-electron chi connectivity index (χ0n) is 20.6. The maximum Gasteiger partial charge on any atom is 0.270 e. The van der Waals surface area contributed by atoms with Crippen molar-refractivity contribution in [3.8, 4) is 5.88 Å². The van der Waals surface area contributed by atoms with Crippen LogP contribution in [0.3, 0.4) is 0 Å². The van der Waals surface area contributed by atoms with Crippen LogP contribution in [0.1, 0.15) is 48.3 Å². The highest BCUT2D eigenvalue weighted by Gasteiger charge is 2.31. The number of rotatable bonds is 8. The van der Waals surface area contributed by atoms with Gasteiger partial charge in [0.25, 0.3) is 11.5 Å². The highest BCUT2D eigenvalue weighted by atomic mass is 16.5. The molecule has 2 amide bonds. The number of aromatic hydroxyl groups is 1. The third-order valence-corrected chi connectivity index (χ3v) is 6.17. The molecule has 1 saturated heterocycles. The van der Waals surface area contributed by atoms with E-state index in [1.165, 1.54) is 15.2 Å². The summed E-state index contributed by atoms with van der Waals surface area (Å²) in [4.78, 5) is 40.9. The molecule has 0 radical (unpaired) electrons. The van der Waals surface area contributed by atoms with Gasteiger partial charge in [-0.25, -0.2) is 0 Å². The predicted octanol–water partition coefficient (Wildman–Crippen LogP) is 0.945. The van der Waals surface area contributed by atoms with E-state index >= 15 is 0 Å². The molecule has 2 aromatic heterocycles. The van der Waals surface area contributed by atoms with Crippen molar-refractivity contribution in [2.24, 2.45) is 5.92 Å². The van der Waals surface area contributed by atoms with Gasteiger partial charge in [0.2, 0.25) is 11.8 Å². The van der Waals surface area contributed by atoms with Crippen molar-refractivity contribution >= 4 is 23.5 Å². The van der Waals surface area contributed by atoms with Crippen LogP contribution < -0.4 is 10.9 Å². The number of amides is 2. The molecule has 35 heavy (non-hydrogen) atoms. The first-order valence-corrected chi connectivity index (χ1v) is 11.9. The first-order valence-electron chi connectivity index (χ1n) is 11.9. The Morgan fingerprint density at radius 1 is 1.34 bits per heavy atom. The Hall–Kier alpha value is -3.18. The molecule has 1 unspecified atom stereocenters. The molecule has 2 aliphatic rings. The summed E-state index contributed by atoms with van der Waals surface area (Å²) in [5, 5.41) is 18.1. The standard InChI is InChI=1S/C24H33N5O6/c1-14(2)11-28-22-18(7-8-19(30)27-9-10-35-13-17(27)12-34-4)15(3)26-29(22)24(33)20(23(28)32)21(31)25-16-5-6-16/h7-8,14,16-17,33H,5-6,9-13H2,1-4H3,(H,25,31). The van der Waals surface area contributed by atoms with Gasteiger partial charge in [-0.3, -0.25) is 19.0 Å². The van der Waals surface area contributed by atoms with E-state index in [1.54, 1.807) is 25.0 Å². The fraction of sp³-hybridized carbons (Fsp3) is 0.583. The van der Waals surface area contributed by atoms with Crippen LogP contribution in [0.5, 0.6) is 5.88 Å². The molecular weight excluding hydrogens is 454 g/mol. The number of aryl methyl sites for hydroxylation is 1. The third-order valence-electron chi connectivity index (χ3n) is 6.17. The van der Waals surface area contributed by atoms with Crippen LogP contribution >= 0.6 is 0 Å². The Morgan fingerprint density at radius 3 is 2.74 bits per heavy atom. The Labute approximate surface area is 203 Å². The molecule has 0 bridgehead atoms. The van der Waals surface area contributed by atoms with Gasteiger partial charge in [-0.05, 0) is 31.8 Å². The number of methoxy groups -OCH3 is 1. The number of aromatic nitrogens is 3. The maximum absolute atomic E-state index is 13.4. The van der Waals surface area contributed by atoms with Crippen molar-refractivity contribution < 1.29 is 24.2 Å². The molecule has 190 valence electrons. The van der Waals surface area contributed by atoms with E-state index < -0.39 is 17.3 Å². The zero-order chi connectivity index (χ0) is 25.3. The summed E-state index contributed by atoms with van der Waals surface area (Å²) in [5.74, 6) is -1.24. The minimum absolute atomic E-state index is 0.0292. The number of fused-ring (bicyclic) bond motifs is 1. The smallest absolute Gasteiger partial charge is 0.270 e. The molecule has 2 N–H and O–H groups in total. The molecule has 2 fully saturated rings. The average Bonchev–Trinajstić information content (AvgIpc) is 3.56. The number of nitrogens with zero attached hydrogens (tertiary/aromatic N) is 4. The molecule has 1 aliphatic heterocycles. The van der Waals surface area contributed by atoms with E-state index in [4.69, 9.17) is 9.47 Å². The highest BCUT2D eigenvalue weighted by Crippen LogP contribution is 2.25. The number of ether oxygens (including phenoxy) is 2. The lowest BCUT2D eigenvalue weighted by molar-refractivity contribution is -0.136. The summed E-state index contributed by atoms with van der Waals surface area (Å²) in [7, 11) is 1.58. The van der Waals surface area contributed by atoms with Crippen LogP contribution in [0.4, 0.5) is 0 Å². The molecule has 2 aromatic rings. The van der Waals surface area contributed by atoms with E-state index in [1.807, 2.05) is 13.8 Å². The summed E-state index contributed by atoms with van der Waals surface area (Å²) in [5.41, 5.74) is 0.459. The van der Waals surface area contributed by atoms with Crippen molar-refractivity contribution in [3.63, 3.8) is 0 Å². The van der Waals surface area contributed by atoms with Crippen LogP contribution in [0.25, 0.3) is 11.7 Å². The second kappa shape index (κ2) is 10.2. The molecule has 3 heterocycles. The van der Waals surface area contributed by atoms with E-state index in [2.05, 4.69) is 10.4 Å². The second-order valence-electron chi connectivity index (χ2n) is 9.54. The SMILES string of the molecule is COCC1COCCN1C(=O)C=Cc1c(C)nn2c(O)c(C(=O)NC3CC3)c(=O)n(CC(C)C)c12. The average molecular weight is 488 g/mol. The van der Waals surface area contributed by atoms with Gasteiger partial charge < -0.3 is 24.8 Å². The van der Waals surface area contributed by atoms with Crippen molar-refractivity contribution in [2.45, 2.75) is 52.2 Å². The van der Waals surface area contributed by atoms with E-state index in [0.717, 1.165) is 12.8 Å². The quantitative estimate of drug-likeness (QED) is 0.531. The lowest BCUT2D eigenvalue weighted by Crippen LogP contribution is -2.50. The Morgan fingerprint density at radius 2 is 2.09 bits per heavy atom. The monoisotopic (exact) mass is 487 g/mol. The molecule has 1 saturated carbocycles. The minimum atomic E-state index is -0.605. The van der Waals surface area contributed by atoms with Crippen LogP contribution in [0.15, 0.2) is 10.9 Å². The first kappa shape index (κ1) is 24.9. The fourth-order valence-corrected chi connectivity index (χ4v) is 4.31. The largest absolute Gasteiger partial charge is 0.492 e. The molecule has 1 aliphatic carbocycles. The lowest BCUT2D eigenvalue weighted by Gasteiger charge is -2.34. The predicted molar refractivity (Wildman–Crippen MR) is 128 cm³/mol. The summed E-state index contributed by atoms with van der Waals surface area (Å²) in [6.07, 6.45) is 4.76. The van der Waals surface area contributed by atoms with Gasteiger partial charge in [0, 0.05) is 37.9 Å². The van der Waals surface area contributed by atoms with Crippen LogP contribution in [0.2, 0.25) is 0 Å². The lowest BCUT2D eigenvalue weighted by atomic mass is 10.1. The van der Waals surface area contributed by atoms with Crippen LogP contribution in [0, 0.1) is 12.8 Å². The normalized spacial score (nSPS) is 18.7. The third kappa shape index (κ3) is 5.10. The van der Waals surface area contributed by atoms with Gasteiger partial charge >= 0.3 is 0 Å². The fourth-order valence-electron chi connectivity index (χ4n) is 4.31. The van der Waals surface area contributed by atoms with Gasteiger partial charge in [-0.1, -0.05) is 13.8 Å². The van der Waals surface area contributed by atoms with Crippen LogP contribution in [-0.4, -0.2) is 81.6 Å². The Balaban J connectivity index is 1.77. The van der Waals surface area contributed by atoms with Crippen molar-refractivity contribution in [3.05, 3.63) is 33.3 Å². The number of hydrogen-bond donors (Lipinski definition) is 2. The molecule has 4 rings (SSSR count). The minimum Gasteiger partial charge on any atom is -0.492 e. The van der Waals surface area contributed by atoms with Gasteiger partial charge in [0.05, 0.1) is 31.6 Å². The summed E-state index contributed by atoms with van der Waals surface area (Å²) in [6, 6.07) is -0.159. The summed E-state index contributed by atoms with van der Waals surface area (Å²) in [6.45, 7) is 7.61. The number of carbonyl (C=O) groups is 2. The Bertz CT molecular complexity index is 1210. The highest BCUT2D eigenvalue weighted by molar-refractivity contribution is 5.97. The molecule has 1 atom stereocenters. The van der Waals surface area contributed by atoms with Crippen LogP contribution in [-0.2, 0) is 20.8 Å². The molecule has 0 spiro atoms. The number of nitrogens with one attached hydrogen (secondary N) is 1. The van der Waals surface area contributed by atoms with Gasteiger partial charge in [0.1, 0.15) is 5.65 Å². The Kier molecular flexibility index (Phi) is 7.27. The van der Waals surface area contributed by atoms with Gasteiger partial charge in [0.15, 0.2) is 5.56 Å². The van der Waals surface area contributed by atoms with Gasteiger partial charge in [-0.2, -0.15) is 9.61 Å². The van der Waals surface area contributed by atoms with Crippen molar-refractivity contribution in [1.29, 1.82) is 0 Å². The molecule has 11 nitrogen and oxygen atoms in total. The second-order valence-corrected chi connectivity index (χ2v) is 9.54. The zero-order valence-corrected chi connectivity index (χ0v) is 20.6. The molecule has 0 aromatic carbocycles. The number of carbonyl (C=O) groups excluding carboxylic acids is 2. The van der Waals surface area contributed by atoms with Crippen molar-refractivity contribution in [2.75, 3.05) is 33.5 Å². The van der Waals surface area contributed by atoms with E-state index in [9.17, 15) is 19.5 Å². The first-order chi connectivity index (χ1) is 16.7. The maximum atomic E-state index is 13.4. The summed E-state index contributed by atoms with van der Waals surface area (Å²) < 4.78 is 13.4. The number of hydrogen-bond acceptors (Lipinski definition) is 7. The number of morpholine rings is 1. The summed E-state index contributed by atoms with van der Waals surface area (Å²) >= 11 is 0.